The van der Waals surface area contributed by atoms with Gasteiger partial charge in [0.1, 0.15) is 5.76 Å². The summed E-state index contributed by atoms with van der Waals surface area (Å²) in [6.45, 7) is 1.21. The Bertz CT molecular complexity index is 762. The third-order valence-corrected chi connectivity index (χ3v) is 7.10. The maximum atomic E-state index is 12.5. The van der Waals surface area contributed by atoms with Gasteiger partial charge >= 0.3 is 0 Å². The SMILES string of the molecule is O=S(=O)(/C=C/c1ccccc1)N1CCC(CSCc2ccco2)CC1. The fraction of sp³-hybridized carbons (Fsp3) is 0.368. The van der Waals surface area contributed by atoms with Crippen LogP contribution in [0.15, 0.2) is 58.6 Å². The molecule has 0 unspecified atom stereocenters. The summed E-state index contributed by atoms with van der Waals surface area (Å²) >= 11 is 1.86. The number of rotatable bonds is 7. The Morgan fingerprint density at radius 1 is 1.12 bits per heavy atom. The predicted octanol–water partition coefficient (Wildman–Crippen LogP) is 4.23. The van der Waals surface area contributed by atoms with E-state index >= 15 is 0 Å². The molecular formula is C19H23NO3S2. The van der Waals surface area contributed by atoms with Gasteiger partial charge in [-0.25, -0.2) is 8.42 Å². The molecule has 2 aromatic rings. The summed E-state index contributed by atoms with van der Waals surface area (Å²) in [5, 5.41) is 1.33. The molecule has 0 aliphatic carbocycles. The number of thioether (sulfide) groups is 1. The van der Waals surface area contributed by atoms with Gasteiger partial charge < -0.3 is 4.42 Å². The molecule has 25 heavy (non-hydrogen) atoms. The van der Waals surface area contributed by atoms with E-state index in [1.54, 1.807) is 16.6 Å². The number of nitrogens with zero attached hydrogens (tertiary/aromatic N) is 1. The molecule has 4 nitrogen and oxygen atoms in total. The highest BCUT2D eigenvalue weighted by Crippen LogP contribution is 2.25. The Labute approximate surface area is 154 Å². The van der Waals surface area contributed by atoms with Gasteiger partial charge in [0.15, 0.2) is 0 Å². The van der Waals surface area contributed by atoms with Crippen molar-refractivity contribution in [2.24, 2.45) is 5.92 Å². The van der Waals surface area contributed by atoms with E-state index in [1.165, 1.54) is 5.41 Å². The third kappa shape index (κ3) is 5.49. The van der Waals surface area contributed by atoms with Crippen molar-refractivity contribution >= 4 is 27.9 Å². The highest BCUT2D eigenvalue weighted by Gasteiger charge is 2.26. The monoisotopic (exact) mass is 377 g/mol. The molecule has 134 valence electrons. The zero-order valence-corrected chi connectivity index (χ0v) is 15.7. The normalized spacial score (nSPS) is 17.3. The molecule has 0 radical (unpaired) electrons. The minimum Gasteiger partial charge on any atom is -0.468 e. The van der Waals surface area contributed by atoms with Crippen LogP contribution in [0.3, 0.4) is 0 Å². The molecule has 0 bridgehead atoms. The minimum atomic E-state index is -3.33. The van der Waals surface area contributed by atoms with E-state index in [-0.39, 0.29) is 0 Å². The van der Waals surface area contributed by atoms with E-state index in [0.29, 0.717) is 19.0 Å². The molecule has 1 saturated heterocycles. The van der Waals surface area contributed by atoms with Crippen LogP contribution in [0.2, 0.25) is 0 Å². The number of hydrogen-bond acceptors (Lipinski definition) is 4. The average molecular weight is 378 g/mol. The van der Waals surface area contributed by atoms with Crippen molar-refractivity contribution in [1.82, 2.24) is 4.31 Å². The number of benzene rings is 1. The molecule has 0 N–H and O–H groups in total. The van der Waals surface area contributed by atoms with E-state index in [9.17, 15) is 8.42 Å². The lowest BCUT2D eigenvalue weighted by atomic mass is 10.0. The molecule has 1 aromatic carbocycles. The van der Waals surface area contributed by atoms with Crippen molar-refractivity contribution in [2.45, 2.75) is 18.6 Å². The number of furan rings is 1. The molecule has 1 fully saturated rings. The van der Waals surface area contributed by atoms with Gasteiger partial charge in [0.05, 0.1) is 12.0 Å². The van der Waals surface area contributed by atoms with Gasteiger partial charge in [-0.1, -0.05) is 30.3 Å². The average Bonchev–Trinajstić information content (AvgIpc) is 3.15. The van der Waals surface area contributed by atoms with E-state index in [0.717, 1.165) is 35.7 Å². The summed E-state index contributed by atoms with van der Waals surface area (Å²) in [6, 6.07) is 13.4. The molecular weight excluding hydrogens is 354 g/mol. The second-order valence-electron chi connectivity index (χ2n) is 6.20. The van der Waals surface area contributed by atoms with E-state index in [1.807, 2.05) is 54.2 Å². The van der Waals surface area contributed by atoms with Crippen LogP contribution >= 0.6 is 11.8 Å². The summed E-state index contributed by atoms with van der Waals surface area (Å²) in [4.78, 5) is 0. The fourth-order valence-corrected chi connectivity index (χ4v) is 5.24. The quantitative estimate of drug-likeness (QED) is 0.725. The Hall–Kier alpha value is -1.50. The molecule has 2 heterocycles. The van der Waals surface area contributed by atoms with Crippen LogP contribution in [0, 0.1) is 5.92 Å². The van der Waals surface area contributed by atoms with Crippen LogP contribution < -0.4 is 0 Å². The van der Waals surface area contributed by atoms with E-state index in [4.69, 9.17) is 4.42 Å². The summed E-state index contributed by atoms with van der Waals surface area (Å²) in [6.07, 6.45) is 5.20. The van der Waals surface area contributed by atoms with Crippen LogP contribution in [0.25, 0.3) is 6.08 Å². The van der Waals surface area contributed by atoms with Gasteiger partial charge in [-0.3, -0.25) is 0 Å². The lowest BCUT2D eigenvalue weighted by Crippen LogP contribution is -2.37. The van der Waals surface area contributed by atoms with Crippen molar-refractivity contribution in [3.63, 3.8) is 0 Å². The minimum absolute atomic E-state index is 0.574. The molecule has 0 atom stereocenters. The van der Waals surface area contributed by atoms with Crippen LogP contribution in [-0.2, 0) is 15.8 Å². The lowest BCUT2D eigenvalue weighted by molar-refractivity contribution is 0.293. The molecule has 6 heteroatoms. The van der Waals surface area contributed by atoms with E-state index in [2.05, 4.69) is 0 Å². The Morgan fingerprint density at radius 3 is 2.56 bits per heavy atom. The molecule has 0 spiro atoms. The van der Waals surface area contributed by atoms with Crippen molar-refractivity contribution in [3.8, 4) is 0 Å². The van der Waals surface area contributed by atoms with Crippen molar-refractivity contribution in [1.29, 1.82) is 0 Å². The number of hydrogen-bond donors (Lipinski definition) is 0. The number of sulfonamides is 1. The van der Waals surface area contributed by atoms with Crippen LogP contribution in [0.5, 0.6) is 0 Å². The highest BCUT2D eigenvalue weighted by atomic mass is 32.2. The molecule has 1 aliphatic rings. The van der Waals surface area contributed by atoms with Crippen molar-refractivity contribution in [3.05, 3.63) is 65.5 Å². The third-order valence-electron chi connectivity index (χ3n) is 4.34. The Balaban J connectivity index is 1.45. The zero-order valence-electron chi connectivity index (χ0n) is 14.1. The maximum absolute atomic E-state index is 12.5. The summed E-state index contributed by atoms with van der Waals surface area (Å²) < 4.78 is 31.8. The van der Waals surface area contributed by atoms with E-state index < -0.39 is 10.0 Å². The first-order valence-corrected chi connectivity index (χ1v) is 11.1. The first-order valence-electron chi connectivity index (χ1n) is 8.47. The lowest BCUT2D eigenvalue weighted by Gasteiger charge is -2.30. The highest BCUT2D eigenvalue weighted by molar-refractivity contribution is 7.98. The van der Waals surface area contributed by atoms with Gasteiger partial charge in [0.2, 0.25) is 10.0 Å². The summed E-state index contributed by atoms with van der Waals surface area (Å²) in [7, 11) is -3.33. The van der Waals surface area contributed by atoms with Gasteiger partial charge in [0, 0.05) is 18.5 Å². The van der Waals surface area contributed by atoms with Gasteiger partial charge in [-0.2, -0.15) is 16.1 Å². The summed E-state index contributed by atoms with van der Waals surface area (Å²) in [5.74, 6) is 3.50. The second kappa shape index (κ2) is 8.74. The topological polar surface area (TPSA) is 50.5 Å². The van der Waals surface area contributed by atoms with Crippen molar-refractivity contribution < 1.29 is 12.8 Å². The molecule has 0 amide bonds. The largest absolute Gasteiger partial charge is 0.468 e. The molecule has 1 aromatic heterocycles. The van der Waals surface area contributed by atoms with Crippen LogP contribution in [-0.4, -0.2) is 31.6 Å². The zero-order chi connectivity index (χ0) is 17.5. The van der Waals surface area contributed by atoms with Gasteiger partial charge in [-0.15, -0.1) is 0 Å². The second-order valence-corrected chi connectivity index (χ2v) is 9.04. The van der Waals surface area contributed by atoms with Crippen LogP contribution in [0.1, 0.15) is 24.2 Å². The fourth-order valence-electron chi connectivity index (χ4n) is 2.87. The first-order chi connectivity index (χ1) is 12.1. The Kier molecular flexibility index (Phi) is 6.39. The number of piperidine rings is 1. The van der Waals surface area contributed by atoms with Crippen molar-refractivity contribution in [2.75, 3.05) is 18.8 Å². The first kappa shape index (κ1) is 18.3. The van der Waals surface area contributed by atoms with Gasteiger partial charge in [-0.05, 0) is 48.3 Å². The summed E-state index contributed by atoms with van der Waals surface area (Å²) in [5.41, 5.74) is 0.898. The van der Waals surface area contributed by atoms with Gasteiger partial charge in [0.25, 0.3) is 0 Å². The molecule has 0 saturated carbocycles. The molecule has 1 aliphatic heterocycles. The standard InChI is InChI=1S/C19H23NO3S2/c21-25(22,14-10-17-5-2-1-3-6-17)20-11-8-18(9-12-20)15-24-16-19-7-4-13-23-19/h1-7,10,13-14,18H,8-9,11-12,15-16H2/b14-10+. The predicted molar refractivity (Wildman–Crippen MR) is 104 cm³/mol. The molecule has 3 rings (SSSR count). The van der Waals surface area contributed by atoms with Crippen LogP contribution in [0.4, 0.5) is 0 Å². The smallest absolute Gasteiger partial charge is 0.236 e. The Morgan fingerprint density at radius 2 is 1.88 bits per heavy atom. The maximum Gasteiger partial charge on any atom is 0.236 e.